The fourth-order valence-electron chi connectivity index (χ4n) is 0.485. The number of hydrogen-bond acceptors (Lipinski definition) is 3. The Morgan fingerprint density at radius 3 is 3.00 bits per heavy atom. The first kappa shape index (κ1) is 10.6. The van der Waals surface area contributed by atoms with Gasteiger partial charge in [-0.25, -0.2) is 4.79 Å². The number of hydrogen-bond donors (Lipinski definition) is 2. The number of urea groups is 1. The van der Waals surface area contributed by atoms with Crippen molar-refractivity contribution in [2.45, 2.75) is 13.3 Å². The second-order valence-corrected chi connectivity index (χ2v) is 2.75. The molecule has 2 amide bonds. The molecule has 0 aliphatic heterocycles. The van der Waals surface area contributed by atoms with Crippen molar-refractivity contribution < 1.29 is 8.98 Å². The predicted molar refractivity (Wildman–Crippen MR) is 46.3 cm³/mol. The van der Waals surface area contributed by atoms with Crippen LogP contribution in [0.2, 0.25) is 0 Å². The van der Waals surface area contributed by atoms with E-state index in [0.29, 0.717) is 13.2 Å². The third kappa shape index (κ3) is 9.58. The van der Waals surface area contributed by atoms with Gasteiger partial charge in [-0.1, -0.05) is 0 Å². The molecule has 0 aromatic rings. The highest BCUT2D eigenvalue weighted by molar-refractivity contribution is 7.94. The van der Waals surface area contributed by atoms with E-state index >= 15 is 0 Å². The molecule has 5 heteroatoms. The minimum atomic E-state index is -0.466. The summed E-state index contributed by atoms with van der Waals surface area (Å²) >= 11 is 1.41. The van der Waals surface area contributed by atoms with Crippen LogP contribution in [0.25, 0.3) is 0 Å². The van der Waals surface area contributed by atoms with Gasteiger partial charge < -0.3 is 15.2 Å². The molecule has 0 aliphatic carbocycles. The second kappa shape index (κ2) is 7.68. The normalized spacial score (nSPS) is 9.55. The molecule has 0 saturated carbocycles. The molecule has 0 heterocycles. The zero-order valence-corrected chi connectivity index (χ0v) is 7.45. The van der Waals surface area contributed by atoms with E-state index in [4.69, 9.17) is 9.92 Å². The SMILES string of the molecule is CCOSCCCNC(N)=O. The molecule has 0 atom stereocenters. The van der Waals surface area contributed by atoms with Crippen LogP contribution in [0.4, 0.5) is 4.79 Å². The number of amides is 2. The minimum Gasteiger partial charge on any atom is -0.352 e. The highest BCUT2D eigenvalue weighted by atomic mass is 32.2. The number of rotatable bonds is 6. The molecule has 0 saturated heterocycles. The molecule has 0 aromatic carbocycles. The summed E-state index contributed by atoms with van der Waals surface area (Å²) in [7, 11) is 0. The predicted octanol–water partition coefficient (Wildman–Crippen LogP) is 0.730. The van der Waals surface area contributed by atoms with E-state index in [1.54, 1.807) is 0 Å². The molecule has 0 bridgehead atoms. The maximum absolute atomic E-state index is 10.2. The van der Waals surface area contributed by atoms with Gasteiger partial charge in [0.1, 0.15) is 0 Å². The van der Waals surface area contributed by atoms with Gasteiger partial charge >= 0.3 is 6.03 Å². The Morgan fingerprint density at radius 1 is 1.73 bits per heavy atom. The average molecular weight is 178 g/mol. The van der Waals surface area contributed by atoms with E-state index in [2.05, 4.69) is 5.32 Å². The summed E-state index contributed by atoms with van der Waals surface area (Å²) in [4.78, 5) is 10.2. The van der Waals surface area contributed by atoms with E-state index < -0.39 is 6.03 Å². The lowest BCUT2D eigenvalue weighted by Gasteiger charge is -2.00. The first-order valence-electron chi connectivity index (χ1n) is 3.55. The zero-order valence-electron chi connectivity index (χ0n) is 6.63. The van der Waals surface area contributed by atoms with Gasteiger partial charge in [0.05, 0.1) is 6.61 Å². The minimum absolute atomic E-state index is 0.466. The molecule has 0 fully saturated rings. The Labute approximate surface area is 71.1 Å². The number of primary amides is 1. The molecular formula is C6H14N2O2S. The van der Waals surface area contributed by atoms with Gasteiger partial charge in [-0.2, -0.15) is 0 Å². The van der Waals surface area contributed by atoms with Crippen molar-refractivity contribution in [3.05, 3.63) is 0 Å². The maximum atomic E-state index is 10.2. The molecule has 0 aliphatic rings. The van der Waals surface area contributed by atoms with Crippen LogP contribution in [-0.2, 0) is 4.18 Å². The van der Waals surface area contributed by atoms with Crippen LogP contribution in [0.15, 0.2) is 0 Å². The molecule has 0 aromatic heterocycles. The Kier molecular flexibility index (Phi) is 7.39. The molecular weight excluding hydrogens is 164 g/mol. The van der Waals surface area contributed by atoms with Crippen LogP contribution in [0.5, 0.6) is 0 Å². The third-order valence-electron chi connectivity index (χ3n) is 0.905. The lowest BCUT2D eigenvalue weighted by Crippen LogP contribution is -2.30. The van der Waals surface area contributed by atoms with E-state index in [1.165, 1.54) is 12.0 Å². The van der Waals surface area contributed by atoms with Crippen LogP contribution in [0.3, 0.4) is 0 Å². The molecule has 0 radical (unpaired) electrons. The largest absolute Gasteiger partial charge is 0.352 e. The van der Waals surface area contributed by atoms with Gasteiger partial charge in [0.25, 0.3) is 0 Å². The quantitative estimate of drug-likeness (QED) is 0.465. The Bertz CT molecular complexity index is 111. The molecule has 0 spiro atoms. The van der Waals surface area contributed by atoms with Crippen molar-refractivity contribution in [1.82, 2.24) is 5.32 Å². The van der Waals surface area contributed by atoms with Crippen LogP contribution >= 0.6 is 12.0 Å². The van der Waals surface area contributed by atoms with Gasteiger partial charge in [-0.3, -0.25) is 0 Å². The molecule has 3 N–H and O–H groups in total. The summed E-state index contributed by atoms with van der Waals surface area (Å²) in [5, 5.41) is 2.49. The Balaban J connectivity index is 2.85. The molecule has 0 unspecified atom stereocenters. The van der Waals surface area contributed by atoms with Crippen LogP contribution < -0.4 is 11.1 Å². The second-order valence-electron chi connectivity index (χ2n) is 1.87. The van der Waals surface area contributed by atoms with Crippen molar-refractivity contribution >= 4 is 18.1 Å². The van der Waals surface area contributed by atoms with Crippen molar-refractivity contribution in [3.8, 4) is 0 Å². The maximum Gasteiger partial charge on any atom is 0.312 e. The summed E-state index contributed by atoms with van der Waals surface area (Å²) in [6, 6.07) is -0.466. The molecule has 4 nitrogen and oxygen atoms in total. The number of carbonyl (C=O) groups is 1. The van der Waals surface area contributed by atoms with E-state index in [1.807, 2.05) is 6.92 Å². The van der Waals surface area contributed by atoms with E-state index in [0.717, 1.165) is 12.2 Å². The van der Waals surface area contributed by atoms with Gasteiger partial charge in [0.2, 0.25) is 0 Å². The first-order chi connectivity index (χ1) is 5.27. The smallest absolute Gasteiger partial charge is 0.312 e. The van der Waals surface area contributed by atoms with Gasteiger partial charge in [-0.15, -0.1) is 0 Å². The topological polar surface area (TPSA) is 64.3 Å². The molecule has 11 heavy (non-hydrogen) atoms. The molecule has 66 valence electrons. The number of carbonyl (C=O) groups excluding carboxylic acids is 1. The highest BCUT2D eigenvalue weighted by Crippen LogP contribution is 2.02. The summed E-state index contributed by atoms with van der Waals surface area (Å²) in [6.07, 6.45) is 0.883. The standard InChI is InChI=1S/C6H14N2O2S/c1-2-10-11-5-3-4-8-6(7)9/h2-5H2,1H3,(H3,7,8,9). The number of nitrogens with two attached hydrogens (primary N) is 1. The van der Waals surface area contributed by atoms with Gasteiger partial charge in [0.15, 0.2) is 0 Å². The van der Waals surface area contributed by atoms with Crippen LogP contribution in [0, 0.1) is 0 Å². The zero-order chi connectivity index (χ0) is 8.53. The van der Waals surface area contributed by atoms with Crippen molar-refractivity contribution in [1.29, 1.82) is 0 Å². The fourth-order valence-corrected chi connectivity index (χ4v) is 1.03. The Hall–Kier alpha value is -0.420. The summed E-state index contributed by atoms with van der Waals surface area (Å²) in [5.74, 6) is 0.883. The van der Waals surface area contributed by atoms with Crippen molar-refractivity contribution in [2.24, 2.45) is 5.73 Å². The van der Waals surface area contributed by atoms with Gasteiger partial charge in [0, 0.05) is 12.3 Å². The fraction of sp³-hybridized carbons (Fsp3) is 0.833. The van der Waals surface area contributed by atoms with Crippen LogP contribution in [0.1, 0.15) is 13.3 Å². The first-order valence-corrected chi connectivity index (χ1v) is 4.46. The van der Waals surface area contributed by atoms with Crippen LogP contribution in [-0.4, -0.2) is 24.9 Å². The third-order valence-corrected chi connectivity index (χ3v) is 1.76. The van der Waals surface area contributed by atoms with Crippen molar-refractivity contribution in [3.63, 3.8) is 0 Å². The Morgan fingerprint density at radius 2 is 2.45 bits per heavy atom. The molecule has 0 rings (SSSR count). The van der Waals surface area contributed by atoms with Crippen molar-refractivity contribution in [2.75, 3.05) is 18.9 Å². The lowest BCUT2D eigenvalue weighted by molar-refractivity contribution is 0.249. The number of nitrogens with one attached hydrogen (secondary N) is 1. The average Bonchev–Trinajstić information content (AvgIpc) is 1.96. The monoisotopic (exact) mass is 178 g/mol. The summed E-state index contributed by atoms with van der Waals surface area (Å²) in [6.45, 7) is 3.28. The summed E-state index contributed by atoms with van der Waals surface area (Å²) in [5.41, 5.74) is 4.85. The van der Waals surface area contributed by atoms with Gasteiger partial charge in [-0.05, 0) is 25.4 Å². The highest BCUT2D eigenvalue weighted by Gasteiger charge is 1.91. The lowest BCUT2D eigenvalue weighted by atomic mass is 10.5. The van der Waals surface area contributed by atoms with E-state index in [9.17, 15) is 4.79 Å². The van der Waals surface area contributed by atoms with E-state index in [-0.39, 0.29) is 0 Å². The summed E-state index contributed by atoms with van der Waals surface area (Å²) < 4.78 is 5.01.